The first-order valence-electron chi connectivity index (χ1n) is 9.44. The summed E-state index contributed by atoms with van der Waals surface area (Å²) in [6.07, 6.45) is 1.68. The van der Waals surface area contributed by atoms with Crippen LogP contribution in [0.5, 0.6) is 0 Å². The Balaban J connectivity index is 1.54. The number of benzene rings is 1. The fraction of sp³-hybridized carbons (Fsp3) is 0.0909. The van der Waals surface area contributed by atoms with E-state index in [9.17, 15) is 9.59 Å². The van der Waals surface area contributed by atoms with Crippen LogP contribution in [0.4, 0.5) is 0 Å². The summed E-state index contributed by atoms with van der Waals surface area (Å²) in [5, 5.41) is 3.02. The number of aromatic nitrogens is 4. The number of hydrogen-bond donors (Lipinski definition) is 1. The molecule has 5 rings (SSSR count). The van der Waals surface area contributed by atoms with E-state index < -0.39 is 0 Å². The molecule has 0 radical (unpaired) electrons. The zero-order valence-corrected chi connectivity index (χ0v) is 18.6. The number of aromatic amines is 1. The van der Waals surface area contributed by atoms with Crippen molar-refractivity contribution in [3.63, 3.8) is 0 Å². The summed E-state index contributed by atoms with van der Waals surface area (Å²) < 4.78 is 2.23. The highest BCUT2D eigenvalue weighted by molar-refractivity contribution is 7.98. The van der Waals surface area contributed by atoms with E-state index in [4.69, 9.17) is 4.98 Å². The standard InChI is InChI=1S/C22H16N4O2S3/c1-2-9-26-21(28)14-11-16(13-6-4-3-5-7-13)31-20(14)25-22(26)30-12-17-23-15-8-10-29-18(15)19(27)24-17/h2-8,10-11H,1,9,12H2,(H,23,24,27). The summed E-state index contributed by atoms with van der Waals surface area (Å²) in [6, 6.07) is 13.7. The van der Waals surface area contributed by atoms with Crippen LogP contribution in [0, 0.1) is 0 Å². The molecule has 0 saturated carbocycles. The molecule has 0 spiro atoms. The van der Waals surface area contributed by atoms with Gasteiger partial charge in [0.2, 0.25) is 0 Å². The lowest BCUT2D eigenvalue weighted by Crippen LogP contribution is -2.22. The Morgan fingerprint density at radius 3 is 2.81 bits per heavy atom. The van der Waals surface area contributed by atoms with Crippen molar-refractivity contribution in [2.45, 2.75) is 17.5 Å². The molecule has 9 heteroatoms. The van der Waals surface area contributed by atoms with E-state index in [0.29, 0.717) is 43.7 Å². The molecule has 5 aromatic rings. The highest BCUT2D eigenvalue weighted by Gasteiger charge is 2.15. The number of nitrogens with zero attached hydrogens (tertiary/aromatic N) is 3. The Hall–Kier alpha value is -3.01. The van der Waals surface area contributed by atoms with Crippen molar-refractivity contribution < 1.29 is 0 Å². The van der Waals surface area contributed by atoms with Crippen molar-refractivity contribution in [3.05, 3.63) is 87.0 Å². The molecular weight excluding hydrogens is 448 g/mol. The second-order valence-electron chi connectivity index (χ2n) is 6.73. The van der Waals surface area contributed by atoms with Crippen LogP contribution < -0.4 is 11.1 Å². The zero-order valence-electron chi connectivity index (χ0n) is 16.2. The van der Waals surface area contributed by atoms with Gasteiger partial charge in [-0.25, -0.2) is 9.97 Å². The van der Waals surface area contributed by atoms with E-state index in [2.05, 4.69) is 16.5 Å². The van der Waals surface area contributed by atoms with Gasteiger partial charge in [-0.15, -0.1) is 29.3 Å². The SMILES string of the molecule is C=CCn1c(SCc2nc3ccsc3c(=O)[nH]2)nc2sc(-c3ccccc3)cc2c1=O. The lowest BCUT2D eigenvalue weighted by atomic mass is 10.2. The van der Waals surface area contributed by atoms with Crippen molar-refractivity contribution in [1.82, 2.24) is 19.5 Å². The molecule has 0 bridgehead atoms. The van der Waals surface area contributed by atoms with E-state index >= 15 is 0 Å². The van der Waals surface area contributed by atoms with Gasteiger partial charge in [0.25, 0.3) is 11.1 Å². The first kappa shape index (κ1) is 19.9. The molecule has 0 fully saturated rings. The molecule has 0 unspecified atom stereocenters. The van der Waals surface area contributed by atoms with Gasteiger partial charge in [-0.05, 0) is 23.1 Å². The van der Waals surface area contributed by atoms with E-state index in [0.717, 1.165) is 10.4 Å². The molecule has 0 saturated heterocycles. The van der Waals surface area contributed by atoms with Gasteiger partial charge in [-0.2, -0.15) is 0 Å². The average molecular weight is 465 g/mol. The number of rotatable bonds is 6. The lowest BCUT2D eigenvalue weighted by molar-refractivity contribution is 0.672. The molecule has 31 heavy (non-hydrogen) atoms. The summed E-state index contributed by atoms with van der Waals surface area (Å²) in [5.41, 5.74) is 1.50. The summed E-state index contributed by atoms with van der Waals surface area (Å²) >= 11 is 4.24. The Bertz CT molecular complexity index is 1530. The molecule has 4 heterocycles. The van der Waals surface area contributed by atoms with Gasteiger partial charge >= 0.3 is 0 Å². The van der Waals surface area contributed by atoms with Gasteiger partial charge in [0.15, 0.2) is 5.16 Å². The van der Waals surface area contributed by atoms with Crippen LogP contribution in [0.1, 0.15) is 5.82 Å². The van der Waals surface area contributed by atoms with Crippen molar-refractivity contribution in [2.75, 3.05) is 0 Å². The predicted octanol–water partition coefficient (Wildman–Crippen LogP) is 4.90. The smallest absolute Gasteiger partial charge is 0.268 e. The first-order valence-corrected chi connectivity index (χ1v) is 12.1. The normalized spacial score (nSPS) is 11.4. The van der Waals surface area contributed by atoms with E-state index in [1.54, 1.807) is 10.6 Å². The van der Waals surface area contributed by atoms with Gasteiger partial charge in [0.05, 0.1) is 16.7 Å². The van der Waals surface area contributed by atoms with Gasteiger partial charge < -0.3 is 4.98 Å². The molecule has 0 atom stereocenters. The Kier molecular flexibility index (Phi) is 5.31. The average Bonchev–Trinajstić information content (AvgIpc) is 3.43. The third-order valence-electron chi connectivity index (χ3n) is 4.69. The Labute approximate surface area is 188 Å². The summed E-state index contributed by atoms with van der Waals surface area (Å²) in [4.78, 5) is 39.2. The number of thiophene rings is 2. The third kappa shape index (κ3) is 3.76. The predicted molar refractivity (Wildman–Crippen MR) is 129 cm³/mol. The molecule has 0 aliphatic rings. The van der Waals surface area contributed by atoms with Crippen LogP contribution in [-0.4, -0.2) is 19.5 Å². The maximum atomic E-state index is 13.2. The van der Waals surface area contributed by atoms with Crippen LogP contribution in [0.2, 0.25) is 0 Å². The van der Waals surface area contributed by atoms with Gasteiger partial charge in [0.1, 0.15) is 15.4 Å². The maximum Gasteiger partial charge on any atom is 0.268 e. The van der Waals surface area contributed by atoms with Crippen LogP contribution in [0.3, 0.4) is 0 Å². The lowest BCUT2D eigenvalue weighted by Gasteiger charge is -2.09. The topological polar surface area (TPSA) is 80.6 Å². The zero-order chi connectivity index (χ0) is 21.4. The van der Waals surface area contributed by atoms with E-state index in [-0.39, 0.29) is 11.1 Å². The second-order valence-corrected chi connectivity index (χ2v) is 9.62. The molecule has 0 aliphatic carbocycles. The van der Waals surface area contributed by atoms with Crippen molar-refractivity contribution in [2.24, 2.45) is 0 Å². The molecule has 0 amide bonds. The largest absolute Gasteiger partial charge is 0.309 e. The van der Waals surface area contributed by atoms with Gasteiger partial charge in [-0.3, -0.25) is 14.2 Å². The number of fused-ring (bicyclic) bond motifs is 2. The van der Waals surface area contributed by atoms with Crippen molar-refractivity contribution in [3.8, 4) is 10.4 Å². The van der Waals surface area contributed by atoms with E-state index in [1.165, 1.54) is 34.4 Å². The molecule has 4 aromatic heterocycles. The minimum atomic E-state index is -0.145. The monoisotopic (exact) mass is 464 g/mol. The molecule has 1 N–H and O–H groups in total. The fourth-order valence-corrected chi connectivity index (χ4v) is 5.95. The Morgan fingerprint density at radius 1 is 1.16 bits per heavy atom. The number of thioether (sulfide) groups is 1. The molecule has 1 aromatic carbocycles. The van der Waals surface area contributed by atoms with Crippen LogP contribution >= 0.6 is 34.4 Å². The van der Waals surface area contributed by atoms with E-state index in [1.807, 2.05) is 47.8 Å². The number of allylic oxidation sites excluding steroid dienone is 1. The highest BCUT2D eigenvalue weighted by Crippen LogP contribution is 2.32. The van der Waals surface area contributed by atoms with Crippen molar-refractivity contribution in [1.29, 1.82) is 0 Å². The fourth-order valence-electron chi connectivity index (χ4n) is 3.27. The minimum absolute atomic E-state index is 0.0967. The van der Waals surface area contributed by atoms with Crippen LogP contribution in [0.15, 0.2) is 75.2 Å². The molecule has 6 nitrogen and oxygen atoms in total. The maximum absolute atomic E-state index is 13.2. The van der Waals surface area contributed by atoms with Crippen molar-refractivity contribution >= 4 is 54.9 Å². The van der Waals surface area contributed by atoms with Crippen LogP contribution in [-0.2, 0) is 12.3 Å². The minimum Gasteiger partial charge on any atom is -0.309 e. The first-order chi connectivity index (χ1) is 15.1. The quantitative estimate of drug-likeness (QED) is 0.220. The summed E-state index contributed by atoms with van der Waals surface area (Å²) in [6.45, 7) is 4.13. The van der Waals surface area contributed by atoms with Gasteiger partial charge in [0, 0.05) is 11.4 Å². The summed E-state index contributed by atoms with van der Waals surface area (Å²) in [5.74, 6) is 0.948. The molecule has 0 aliphatic heterocycles. The Morgan fingerprint density at radius 2 is 2.00 bits per heavy atom. The third-order valence-corrected chi connectivity index (χ3v) is 7.66. The number of H-pyrrole nitrogens is 1. The molecular formula is C22H16N4O2S3. The summed E-state index contributed by atoms with van der Waals surface area (Å²) in [7, 11) is 0. The van der Waals surface area contributed by atoms with Crippen LogP contribution in [0.25, 0.3) is 30.9 Å². The van der Waals surface area contributed by atoms with Gasteiger partial charge in [-0.1, -0.05) is 48.2 Å². The second kappa shape index (κ2) is 8.26. The number of hydrogen-bond acceptors (Lipinski definition) is 7. The number of nitrogens with one attached hydrogen (secondary N) is 1. The molecule has 154 valence electrons. The highest BCUT2D eigenvalue weighted by atomic mass is 32.2.